The van der Waals surface area contributed by atoms with Crippen molar-refractivity contribution in [2.45, 2.75) is 13.8 Å². The molecule has 0 saturated carbocycles. The van der Waals surface area contributed by atoms with Gasteiger partial charge in [-0.1, -0.05) is 12.1 Å². The van der Waals surface area contributed by atoms with Gasteiger partial charge in [0.1, 0.15) is 11.5 Å². The molecule has 0 atom stereocenters. The summed E-state index contributed by atoms with van der Waals surface area (Å²) in [6.07, 6.45) is 1.56. The number of nitrogens with one attached hydrogen (secondary N) is 1. The Morgan fingerprint density at radius 2 is 1.91 bits per heavy atom. The van der Waals surface area contributed by atoms with Crippen LogP contribution >= 0.6 is 0 Å². The predicted octanol–water partition coefficient (Wildman–Crippen LogP) is 2.84. The third-order valence-corrected chi connectivity index (χ3v) is 3.43. The largest absolute Gasteiger partial charge is 0.497 e. The molecule has 0 aromatic heterocycles. The van der Waals surface area contributed by atoms with Crippen molar-refractivity contribution in [1.29, 1.82) is 0 Å². The van der Waals surface area contributed by atoms with Crippen molar-refractivity contribution < 1.29 is 14.3 Å². The van der Waals surface area contributed by atoms with Gasteiger partial charge in [0, 0.05) is 0 Å². The first-order valence-electron chi connectivity index (χ1n) is 7.25. The number of carbonyl (C=O) groups excluding carboxylic acids is 1. The summed E-state index contributed by atoms with van der Waals surface area (Å²) in [4.78, 5) is 11.7. The number of hydrogen-bond acceptors (Lipinski definition) is 4. The van der Waals surface area contributed by atoms with Crippen LogP contribution in [-0.2, 0) is 4.79 Å². The molecule has 0 bridgehead atoms. The molecule has 0 spiro atoms. The molecule has 0 radical (unpaired) electrons. The maximum absolute atomic E-state index is 11.7. The van der Waals surface area contributed by atoms with Crippen LogP contribution in [0.25, 0.3) is 0 Å². The van der Waals surface area contributed by atoms with E-state index >= 15 is 0 Å². The van der Waals surface area contributed by atoms with Gasteiger partial charge in [-0.05, 0) is 60.9 Å². The van der Waals surface area contributed by atoms with E-state index in [1.807, 2.05) is 56.3 Å². The van der Waals surface area contributed by atoms with E-state index in [4.69, 9.17) is 9.47 Å². The number of methoxy groups -OCH3 is 1. The standard InChI is InChI=1S/C18H20N2O3/c1-13-5-4-6-17(14(13)2)23-12-18(21)20-19-11-15-7-9-16(22-3)10-8-15/h4-11H,12H2,1-3H3,(H,20,21). The SMILES string of the molecule is COc1ccc(C=NNC(=O)COc2cccc(C)c2C)cc1. The fourth-order valence-electron chi connectivity index (χ4n) is 1.92. The first kappa shape index (κ1) is 16.5. The number of benzene rings is 2. The highest BCUT2D eigenvalue weighted by atomic mass is 16.5. The van der Waals surface area contributed by atoms with Crippen molar-refractivity contribution in [2.75, 3.05) is 13.7 Å². The first-order chi connectivity index (χ1) is 11.1. The zero-order chi connectivity index (χ0) is 16.7. The van der Waals surface area contributed by atoms with Crippen molar-refractivity contribution >= 4 is 12.1 Å². The summed E-state index contributed by atoms with van der Waals surface area (Å²) in [6.45, 7) is 3.88. The fourth-order valence-corrected chi connectivity index (χ4v) is 1.92. The van der Waals surface area contributed by atoms with Crippen LogP contribution < -0.4 is 14.9 Å². The van der Waals surface area contributed by atoms with Crippen LogP contribution in [0, 0.1) is 13.8 Å². The van der Waals surface area contributed by atoms with E-state index in [0.29, 0.717) is 5.75 Å². The number of hydrogen-bond donors (Lipinski definition) is 1. The minimum absolute atomic E-state index is 0.0791. The van der Waals surface area contributed by atoms with Gasteiger partial charge in [-0.3, -0.25) is 4.79 Å². The van der Waals surface area contributed by atoms with E-state index in [1.165, 1.54) is 0 Å². The molecule has 120 valence electrons. The lowest BCUT2D eigenvalue weighted by molar-refractivity contribution is -0.123. The highest BCUT2D eigenvalue weighted by Crippen LogP contribution is 2.20. The Morgan fingerprint density at radius 1 is 1.17 bits per heavy atom. The van der Waals surface area contributed by atoms with Crippen molar-refractivity contribution in [2.24, 2.45) is 5.10 Å². The second-order valence-corrected chi connectivity index (χ2v) is 5.05. The van der Waals surface area contributed by atoms with E-state index in [1.54, 1.807) is 13.3 Å². The molecule has 23 heavy (non-hydrogen) atoms. The Morgan fingerprint density at radius 3 is 2.61 bits per heavy atom. The Balaban J connectivity index is 1.82. The normalized spacial score (nSPS) is 10.6. The second kappa shape index (κ2) is 7.98. The zero-order valence-electron chi connectivity index (χ0n) is 13.5. The van der Waals surface area contributed by atoms with Crippen molar-refractivity contribution in [1.82, 2.24) is 5.43 Å². The molecule has 2 rings (SSSR count). The lowest BCUT2D eigenvalue weighted by Crippen LogP contribution is -2.24. The molecule has 0 aliphatic heterocycles. The average Bonchev–Trinajstić information content (AvgIpc) is 2.57. The number of ether oxygens (including phenoxy) is 2. The monoisotopic (exact) mass is 312 g/mol. The molecule has 0 aliphatic rings. The van der Waals surface area contributed by atoms with Crippen LogP contribution in [0.4, 0.5) is 0 Å². The van der Waals surface area contributed by atoms with Crippen LogP contribution in [0.1, 0.15) is 16.7 Å². The van der Waals surface area contributed by atoms with Crippen molar-refractivity contribution in [3.05, 3.63) is 59.2 Å². The summed E-state index contributed by atoms with van der Waals surface area (Å²) in [6, 6.07) is 13.1. The Hall–Kier alpha value is -2.82. The van der Waals surface area contributed by atoms with Crippen LogP contribution in [0.3, 0.4) is 0 Å². The quantitative estimate of drug-likeness (QED) is 0.659. The molecule has 1 amide bonds. The number of amides is 1. The van der Waals surface area contributed by atoms with Crippen LogP contribution in [-0.4, -0.2) is 25.8 Å². The van der Waals surface area contributed by atoms with E-state index in [0.717, 1.165) is 22.4 Å². The fraction of sp³-hybridized carbons (Fsp3) is 0.222. The Kier molecular flexibility index (Phi) is 5.74. The summed E-state index contributed by atoms with van der Waals surface area (Å²) in [7, 11) is 1.61. The van der Waals surface area contributed by atoms with Crippen molar-refractivity contribution in [3.8, 4) is 11.5 Å². The Bertz CT molecular complexity index is 694. The third-order valence-electron chi connectivity index (χ3n) is 3.43. The molecular weight excluding hydrogens is 292 g/mol. The predicted molar refractivity (Wildman–Crippen MR) is 90.1 cm³/mol. The molecule has 5 heteroatoms. The van der Waals surface area contributed by atoms with Gasteiger partial charge in [-0.2, -0.15) is 5.10 Å². The van der Waals surface area contributed by atoms with Gasteiger partial charge in [0.25, 0.3) is 5.91 Å². The van der Waals surface area contributed by atoms with Crippen LogP contribution in [0.2, 0.25) is 0 Å². The second-order valence-electron chi connectivity index (χ2n) is 5.05. The molecule has 0 unspecified atom stereocenters. The van der Waals surface area contributed by atoms with E-state index < -0.39 is 0 Å². The lowest BCUT2D eigenvalue weighted by Gasteiger charge is -2.09. The number of carbonyl (C=O) groups is 1. The third kappa shape index (κ3) is 4.85. The zero-order valence-corrected chi connectivity index (χ0v) is 13.5. The maximum atomic E-state index is 11.7. The average molecular weight is 312 g/mol. The molecule has 0 aliphatic carbocycles. The molecule has 0 heterocycles. The van der Waals surface area contributed by atoms with E-state index in [9.17, 15) is 4.79 Å². The molecular formula is C18H20N2O3. The van der Waals surface area contributed by atoms with Gasteiger partial charge in [-0.15, -0.1) is 0 Å². The topological polar surface area (TPSA) is 59.9 Å². The highest BCUT2D eigenvalue weighted by Gasteiger charge is 2.05. The lowest BCUT2D eigenvalue weighted by atomic mass is 10.1. The molecule has 0 saturated heterocycles. The smallest absolute Gasteiger partial charge is 0.277 e. The van der Waals surface area contributed by atoms with Gasteiger partial charge in [0.15, 0.2) is 6.61 Å². The minimum atomic E-state index is -0.310. The summed E-state index contributed by atoms with van der Waals surface area (Å²) in [5, 5.41) is 3.90. The summed E-state index contributed by atoms with van der Waals surface area (Å²) in [5.41, 5.74) is 5.46. The minimum Gasteiger partial charge on any atom is -0.497 e. The van der Waals surface area contributed by atoms with Gasteiger partial charge < -0.3 is 9.47 Å². The van der Waals surface area contributed by atoms with Gasteiger partial charge in [0.05, 0.1) is 13.3 Å². The number of hydrazone groups is 1. The maximum Gasteiger partial charge on any atom is 0.277 e. The first-order valence-corrected chi connectivity index (χ1v) is 7.25. The number of rotatable bonds is 6. The van der Waals surface area contributed by atoms with E-state index in [-0.39, 0.29) is 12.5 Å². The molecule has 2 aromatic rings. The molecule has 2 aromatic carbocycles. The molecule has 0 fully saturated rings. The number of nitrogens with zero attached hydrogens (tertiary/aromatic N) is 1. The van der Waals surface area contributed by atoms with E-state index in [2.05, 4.69) is 10.5 Å². The summed E-state index contributed by atoms with van der Waals surface area (Å²) in [5.74, 6) is 1.17. The number of aryl methyl sites for hydroxylation is 1. The molecule has 1 N–H and O–H groups in total. The molecule has 5 nitrogen and oxygen atoms in total. The van der Waals surface area contributed by atoms with Crippen molar-refractivity contribution in [3.63, 3.8) is 0 Å². The van der Waals surface area contributed by atoms with Gasteiger partial charge in [-0.25, -0.2) is 5.43 Å². The van der Waals surface area contributed by atoms with Crippen LogP contribution in [0.15, 0.2) is 47.6 Å². The van der Waals surface area contributed by atoms with Crippen LogP contribution in [0.5, 0.6) is 11.5 Å². The summed E-state index contributed by atoms with van der Waals surface area (Å²) < 4.78 is 10.6. The summed E-state index contributed by atoms with van der Waals surface area (Å²) >= 11 is 0. The highest BCUT2D eigenvalue weighted by molar-refractivity contribution is 5.83. The Labute approximate surface area is 135 Å². The van der Waals surface area contributed by atoms with Gasteiger partial charge >= 0.3 is 0 Å². The van der Waals surface area contributed by atoms with Gasteiger partial charge in [0.2, 0.25) is 0 Å².